The zero-order chi connectivity index (χ0) is 82.2. The number of unbranched alkanes of at least 4 members (excludes halogenated alkanes) is 26. The second-order valence-corrected chi connectivity index (χ2v) is 31.5. The molecule has 0 aromatic carbocycles. The lowest BCUT2D eigenvalue weighted by Crippen LogP contribution is -2.30. The summed E-state index contributed by atoms with van der Waals surface area (Å²) in [6.07, 6.45) is 113. The second kappa shape index (κ2) is 85.8. The van der Waals surface area contributed by atoms with Gasteiger partial charge >= 0.3 is 33.6 Å². The maximum atomic E-state index is 13.0. The number of rotatable bonds is 81. The molecule has 113 heavy (non-hydrogen) atoms. The molecule has 0 radical (unpaired) electrons. The van der Waals surface area contributed by atoms with Gasteiger partial charge < -0.3 is 34.2 Å². The first-order valence-electron chi connectivity index (χ1n) is 43.7. The maximum absolute atomic E-state index is 13.0. The molecule has 0 bridgehead atoms. The number of carbonyl (C=O) groups is 3. The number of aliphatic hydroxyl groups is 2. The van der Waals surface area contributed by atoms with Crippen molar-refractivity contribution >= 4 is 33.6 Å². The summed E-state index contributed by atoms with van der Waals surface area (Å²) in [7, 11) is -9.83. The summed E-state index contributed by atoms with van der Waals surface area (Å²) in [4.78, 5) is 58.9. The summed E-state index contributed by atoms with van der Waals surface area (Å²) >= 11 is 0. The molecule has 18 heteroatoms. The first-order chi connectivity index (χ1) is 55.2. The van der Waals surface area contributed by atoms with Crippen LogP contribution in [0.15, 0.2) is 194 Å². The first-order valence-corrected chi connectivity index (χ1v) is 46.7. The molecule has 5 atom stereocenters. The number of aliphatic hydroxyl groups excluding tert-OH is 2. The Morgan fingerprint density at radius 3 is 0.708 bits per heavy atom. The van der Waals surface area contributed by atoms with Crippen molar-refractivity contribution in [2.45, 2.75) is 347 Å². The van der Waals surface area contributed by atoms with Gasteiger partial charge in [0.2, 0.25) is 0 Å². The molecular formula is C95H156O16P2. The summed E-state index contributed by atoms with van der Waals surface area (Å²) in [6.45, 7) is 2.29. The summed E-state index contributed by atoms with van der Waals surface area (Å²) in [5.41, 5.74) is 0. The average Bonchev–Trinajstić information content (AvgIpc) is 0.899. The highest BCUT2D eigenvalue weighted by molar-refractivity contribution is 7.47. The molecule has 0 aromatic heterocycles. The fourth-order valence-corrected chi connectivity index (χ4v) is 12.9. The van der Waals surface area contributed by atoms with E-state index in [4.69, 9.17) is 32.3 Å². The van der Waals surface area contributed by atoms with Crippen LogP contribution in [0.1, 0.15) is 329 Å². The number of allylic oxidation sites excluding steroid dienone is 32. The van der Waals surface area contributed by atoms with Crippen LogP contribution in [0.5, 0.6) is 0 Å². The van der Waals surface area contributed by atoms with E-state index in [0.29, 0.717) is 19.3 Å². The number of phosphoric ester groups is 2. The molecule has 0 rings (SSSR count). The zero-order valence-corrected chi connectivity index (χ0v) is 72.3. The highest BCUT2D eigenvalue weighted by Gasteiger charge is 2.29. The molecular weight excluding hydrogens is 1460 g/mol. The van der Waals surface area contributed by atoms with Crippen molar-refractivity contribution in [2.75, 3.05) is 39.6 Å². The highest BCUT2D eigenvalue weighted by atomic mass is 31.2. The Kier molecular flexibility index (Phi) is 81.5. The average molecular weight is 1620 g/mol. The van der Waals surface area contributed by atoms with E-state index in [9.17, 15) is 43.5 Å². The van der Waals surface area contributed by atoms with Gasteiger partial charge in [-0.15, -0.1) is 0 Å². The van der Waals surface area contributed by atoms with Crippen molar-refractivity contribution in [1.29, 1.82) is 0 Å². The lowest BCUT2D eigenvalue weighted by Gasteiger charge is -2.21. The lowest BCUT2D eigenvalue weighted by molar-refractivity contribution is -0.161. The van der Waals surface area contributed by atoms with E-state index in [1.807, 2.05) is 0 Å². The normalized spacial score (nSPS) is 14.8. The van der Waals surface area contributed by atoms with E-state index in [2.05, 4.69) is 215 Å². The van der Waals surface area contributed by atoms with Crippen molar-refractivity contribution in [3.63, 3.8) is 0 Å². The summed E-state index contributed by atoms with van der Waals surface area (Å²) in [5, 5.41) is 20.7. The number of hydrogen-bond acceptors (Lipinski definition) is 14. The number of hydrogen-bond donors (Lipinski definition) is 4. The number of phosphoric acid groups is 2. The van der Waals surface area contributed by atoms with Crippen molar-refractivity contribution in [3.8, 4) is 0 Å². The van der Waals surface area contributed by atoms with Crippen LogP contribution in [-0.2, 0) is 55.8 Å². The zero-order valence-electron chi connectivity index (χ0n) is 70.5. The third-order valence-electron chi connectivity index (χ3n) is 17.8. The fraction of sp³-hybridized carbons (Fsp3) is 0.632. The van der Waals surface area contributed by atoms with Gasteiger partial charge in [0.15, 0.2) is 6.10 Å². The molecule has 0 saturated heterocycles. The number of esters is 3. The van der Waals surface area contributed by atoms with Crippen LogP contribution >= 0.6 is 15.6 Å². The van der Waals surface area contributed by atoms with Gasteiger partial charge in [0.1, 0.15) is 25.4 Å². The topological polar surface area (TPSA) is 231 Å². The Balaban J connectivity index is 4.54. The van der Waals surface area contributed by atoms with Crippen molar-refractivity contribution in [1.82, 2.24) is 0 Å². The smallest absolute Gasteiger partial charge is 0.463 e. The molecule has 0 spiro atoms. The van der Waals surface area contributed by atoms with Gasteiger partial charge in [0.05, 0.1) is 26.4 Å². The maximum Gasteiger partial charge on any atom is 0.472 e. The SMILES string of the molecule is CC/C=C\C/C=C\C/C=C\C/C=C\C/C=C\C/C=C\CCCCCCCCCCCCCCCCCCC(=O)OCC(O)COP(=O)(O)OCC(O)COP(=O)(O)OCC(COC(=O)CCCCCCCCC/C=C\C/C=C\C/C=C\C/C=C\C/C=C\CC)OC(=O)CCCCC/C=C\C/C=C\C/C=C\C/C=C\C/C=C\CC. The molecule has 0 aliphatic heterocycles. The van der Waals surface area contributed by atoms with Crippen molar-refractivity contribution in [2.24, 2.45) is 0 Å². The highest BCUT2D eigenvalue weighted by Crippen LogP contribution is 2.45. The van der Waals surface area contributed by atoms with Gasteiger partial charge in [-0.1, -0.05) is 344 Å². The molecule has 0 heterocycles. The Morgan fingerprint density at radius 1 is 0.248 bits per heavy atom. The molecule has 0 aliphatic carbocycles. The standard InChI is InChI=1S/C95H156O16P2/c1-4-7-10-13-16-19-22-25-28-31-34-36-38-39-40-41-42-43-44-45-46-47-48-49-51-53-55-57-60-63-66-69-72-75-78-81-93(98)105-84-90(96)85-107-112(101,102)108-86-91(97)87-109-113(103,104)110-89-92(111-95(100)83-80-77-74-71-68-65-62-59-54-33-30-27-24-21-18-15-12-9-6-3)88-106-94(99)82-79-76-73-70-67-64-61-58-56-52-50-37-35-32-29-26-23-20-17-14-11-8-5-2/h7-12,16-21,25-30,34-37,39-40,42-43,52,54,56,59,65,68,90-92,96-97H,4-6,13-15,22-24,31-33,38,41,44-51,53,55,57-58,60-64,66-67,69-89H2,1-3H3,(H,101,102)(H,103,104)/b10-7-,11-8-,12-9-,19-16-,20-17-,21-18-,28-25-,29-26-,30-27-,36-34-,37-35-,40-39-,43-42-,56-52-,59-54-,68-65-. The Morgan fingerprint density at radius 2 is 0.442 bits per heavy atom. The monoisotopic (exact) mass is 1620 g/mol. The molecule has 4 N–H and O–H groups in total. The third kappa shape index (κ3) is 87.1. The van der Waals surface area contributed by atoms with Gasteiger partial charge in [-0.3, -0.25) is 32.5 Å². The minimum absolute atomic E-state index is 0.0562. The lowest BCUT2D eigenvalue weighted by atomic mass is 10.0. The van der Waals surface area contributed by atoms with Gasteiger partial charge in [-0.25, -0.2) is 9.13 Å². The molecule has 0 amide bonds. The molecule has 16 nitrogen and oxygen atoms in total. The van der Waals surface area contributed by atoms with Crippen LogP contribution in [0.4, 0.5) is 0 Å². The summed E-state index contributed by atoms with van der Waals surface area (Å²) in [5.74, 6) is -1.63. The number of carbonyl (C=O) groups excluding carboxylic acids is 3. The molecule has 0 aliphatic rings. The van der Waals surface area contributed by atoms with Crippen LogP contribution < -0.4 is 0 Å². The molecule has 5 unspecified atom stereocenters. The Labute approximate surface area is 687 Å². The quantitative estimate of drug-likeness (QED) is 0.0146. The Bertz CT molecular complexity index is 2830. The first kappa shape index (κ1) is 107. The van der Waals surface area contributed by atoms with E-state index in [0.717, 1.165) is 186 Å². The predicted molar refractivity (Wildman–Crippen MR) is 472 cm³/mol. The van der Waals surface area contributed by atoms with Gasteiger partial charge in [0, 0.05) is 19.3 Å². The number of ether oxygens (including phenoxy) is 3. The Hall–Kier alpha value is -5.61. The predicted octanol–water partition coefficient (Wildman–Crippen LogP) is 26.7. The van der Waals surface area contributed by atoms with Crippen LogP contribution in [0.2, 0.25) is 0 Å². The van der Waals surface area contributed by atoms with Crippen molar-refractivity contribution < 1.29 is 75.8 Å². The van der Waals surface area contributed by atoms with Crippen LogP contribution in [0, 0.1) is 0 Å². The molecule has 0 saturated carbocycles. The largest absolute Gasteiger partial charge is 0.472 e. The van der Waals surface area contributed by atoms with Crippen LogP contribution in [-0.4, -0.2) is 95.9 Å². The summed E-state index contributed by atoms with van der Waals surface area (Å²) in [6, 6.07) is 0. The van der Waals surface area contributed by atoms with E-state index in [-0.39, 0.29) is 19.3 Å². The second-order valence-electron chi connectivity index (χ2n) is 28.5. The van der Waals surface area contributed by atoms with Gasteiger partial charge in [-0.05, 0) is 161 Å². The van der Waals surface area contributed by atoms with E-state index < -0.39 is 91.5 Å². The minimum Gasteiger partial charge on any atom is -0.463 e. The van der Waals surface area contributed by atoms with Gasteiger partial charge in [-0.2, -0.15) is 0 Å². The minimum atomic E-state index is -4.96. The molecule has 642 valence electrons. The van der Waals surface area contributed by atoms with Gasteiger partial charge in [0.25, 0.3) is 0 Å². The molecule has 0 aromatic rings. The third-order valence-corrected chi connectivity index (χ3v) is 19.7. The fourth-order valence-electron chi connectivity index (χ4n) is 11.3. The van der Waals surface area contributed by atoms with Crippen molar-refractivity contribution in [3.05, 3.63) is 194 Å². The summed E-state index contributed by atoms with van der Waals surface area (Å²) < 4.78 is 61.3. The van der Waals surface area contributed by atoms with E-state index >= 15 is 0 Å². The van der Waals surface area contributed by atoms with E-state index in [1.165, 1.54) is 83.5 Å². The van der Waals surface area contributed by atoms with E-state index in [1.54, 1.807) is 0 Å². The van der Waals surface area contributed by atoms with Crippen LogP contribution in [0.25, 0.3) is 0 Å². The van der Waals surface area contributed by atoms with Crippen LogP contribution in [0.3, 0.4) is 0 Å². The molecule has 0 fully saturated rings.